The molecule has 11 nitrogen and oxygen atoms in total. The lowest BCUT2D eigenvalue weighted by molar-refractivity contribution is 0.0651. The normalized spacial score (nSPS) is 11.1. The van der Waals surface area contributed by atoms with E-state index in [1.54, 1.807) is 0 Å². The van der Waals surface area contributed by atoms with Gasteiger partial charge in [-0.3, -0.25) is 4.57 Å². The SMILES string of the molecule is O=C(O)c1ccc(-c2cccc(P(=O)(O)O)c2-c2ccc(C(=O)O)c(C(=O)O)c2)cc1C(=O)O. The van der Waals surface area contributed by atoms with Crippen LogP contribution < -0.4 is 5.30 Å². The molecular weight excluding hydrogens is 471 g/mol. The molecule has 174 valence electrons. The zero-order chi connectivity index (χ0) is 25.4. The fraction of sp³-hybridized carbons (Fsp3) is 0. The first-order valence-corrected chi connectivity index (χ1v) is 10.8. The first kappa shape index (κ1) is 24.3. The molecule has 0 saturated heterocycles. The summed E-state index contributed by atoms with van der Waals surface area (Å²) in [6.45, 7) is 0. The van der Waals surface area contributed by atoms with Gasteiger partial charge in [-0.25, -0.2) is 19.2 Å². The Morgan fingerprint density at radius 2 is 1.03 bits per heavy atom. The van der Waals surface area contributed by atoms with Crippen molar-refractivity contribution in [2.24, 2.45) is 0 Å². The van der Waals surface area contributed by atoms with Crippen molar-refractivity contribution in [1.82, 2.24) is 0 Å². The molecule has 0 amide bonds. The van der Waals surface area contributed by atoms with Gasteiger partial charge in [0.1, 0.15) is 0 Å². The Kier molecular flexibility index (Phi) is 6.38. The van der Waals surface area contributed by atoms with Gasteiger partial charge in [0.15, 0.2) is 0 Å². The summed E-state index contributed by atoms with van der Waals surface area (Å²) in [7, 11) is -4.97. The largest absolute Gasteiger partial charge is 0.478 e. The molecule has 3 aromatic carbocycles. The fourth-order valence-electron chi connectivity index (χ4n) is 3.47. The van der Waals surface area contributed by atoms with Gasteiger partial charge in [-0.05, 0) is 47.0 Å². The topological polar surface area (TPSA) is 207 Å². The highest BCUT2D eigenvalue weighted by atomic mass is 31.2. The van der Waals surface area contributed by atoms with Gasteiger partial charge in [0.2, 0.25) is 0 Å². The highest BCUT2D eigenvalue weighted by Gasteiger charge is 2.27. The number of carboxylic acids is 4. The molecule has 6 N–H and O–H groups in total. The predicted octanol–water partition coefficient (Wildman–Crippen LogP) is 2.62. The Hall–Kier alpha value is -4.31. The molecule has 0 radical (unpaired) electrons. The molecule has 0 atom stereocenters. The van der Waals surface area contributed by atoms with E-state index >= 15 is 0 Å². The lowest BCUT2D eigenvalue weighted by Crippen LogP contribution is -2.12. The van der Waals surface area contributed by atoms with Crippen LogP contribution in [0.1, 0.15) is 41.4 Å². The molecule has 3 rings (SSSR count). The summed E-state index contributed by atoms with van der Waals surface area (Å²) in [6.07, 6.45) is 0. The lowest BCUT2D eigenvalue weighted by atomic mass is 9.90. The summed E-state index contributed by atoms with van der Waals surface area (Å²) >= 11 is 0. The molecular formula is C22H15O11P. The molecule has 3 aromatic rings. The Bertz CT molecular complexity index is 1420. The quantitative estimate of drug-likeness (QED) is 0.268. The smallest absolute Gasteiger partial charge is 0.356 e. The van der Waals surface area contributed by atoms with Gasteiger partial charge in [0, 0.05) is 5.56 Å². The second-order valence-electron chi connectivity index (χ2n) is 6.99. The van der Waals surface area contributed by atoms with E-state index in [4.69, 9.17) is 0 Å². The van der Waals surface area contributed by atoms with E-state index in [0.717, 1.165) is 36.4 Å². The maximum Gasteiger partial charge on any atom is 0.356 e. The monoisotopic (exact) mass is 486 g/mol. The molecule has 0 spiro atoms. The number of hydrogen-bond acceptors (Lipinski definition) is 5. The van der Waals surface area contributed by atoms with E-state index in [1.165, 1.54) is 18.2 Å². The summed E-state index contributed by atoms with van der Waals surface area (Å²) in [5.41, 5.74) is -2.38. The van der Waals surface area contributed by atoms with Crippen molar-refractivity contribution >= 4 is 36.8 Å². The van der Waals surface area contributed by atoms with E-state index < -0.39 is 59.0 Å². The van der Waals surface area contributed by atoms with Crippen LogP contribution in [0.25, 0.3) is 22.3 Å². The fourth-order valence-corrected chi connectivity index (χ4v) is 4.29. The minimum Gasteiger partial charge on any atom is -0.478 e. The molecule has 0 saturated carbocycles. The molecule has 34 heavy (non-hydrogen) atoms. The minimum atomic E-state index is -4.97. The summed E-state index contributed by atoms with van der Waals surface area (Å²) < 4.78 is 12.2. The molecule has 0 heterocycles. The number of hydrogen-bond donors (Lipinski definition) is 6. The maximum atomic E-state index is 12.2. The standard InChI is InChI=1S/C22H15O11P/c23-19(24)13-6-4-10(8-15(13)21(27)28)12-2-1-3-17(34(31,32)33)18(12)11-5-7-14(20(25)26)16(9-11)22(29)30/h1-9H,(H,23,24)(H,25,26)(H,27,28)(H,29,30)(H2,31,32,33). The Balaban J connectivity index is 2.41. The summed E-state index contributed by atoms with van der Waals surface area (Å²) in [4.78, 5) is 65.8. The Morgan fingerprint density at radius 3 is 1.47 bits per heavy atom. The summed E-state index contributed by atoms with van der Waals surface area (Å²) in [6, 6.07) is 10.1. The summed E-state index contributed by atoms with van der Waals surface area (Å²) in [5, 5.41) is 36.8. The van der Waals surface area contributed by atoms with Crippen LogP contribution in [0.3, 0.4) is 0 Å². The van der Waals surface area contributed by atoms with E-state index in [1.807, 2.05) is 0 Å². The van der Waals surface area contributed by atoms with Crippen LogP contribution in [0.2, 0.25) is 0 Å². The molecule has 0 aromatic heterocycles. The Morgan fingerprint density at radius 1 is 0.588 bits per heavy atom. The van der Waals surface area contributed by atoms with Crippen molar-refractivity contribution in [3.05, 3.63) is 76.9 Å². The van der Waals surface area contributed by atoms with Crippen LogP contribution in [0.15, 0.2) is 54.6 Å². The van der Waals surface area contributed by atoms with Gasteiger partial charge >= 0.3 is 31.5 Å². The van der Waals surface area contributed by atoms with Crippen molar-refractivity contribution < 1.29 is 54.0 Å². The van der Waals surface area contributed by atoms with Crippen LogP contribution in [0, 0.1) is 0 Å². The predicted molar refractivity (Wildman–Crippen MR) is 117 cm³/mol. The molecule has 0 bridgehead atoms. The minimum absolute atomic E-state index is 0.0553. The van der Waals surface area contributed by atoms with Crippen LogP contribution in [0.4, 0.5) is 0 Å². The lowest BCUT2D eigenvalue weighted by Gasteiger charge is -2.18. The van der Waals surface area contributed by atoms with E-state index in [-0.39, 0.29) is 22.3 Å². The molecule has 0 fully saturated rings. The zero-order valence-corrected chi connectivity index (χ0v) is 17.8. The number of benzene rings is 3. The van der Waals surface area contributed by atoms with Crippen molar-refractivity contribution in [2.45, 2.75) is 0 Å². The van der Waals surface area contributed by atoms with Gasteiger partial charge < -0.3 is 30.2 Å². The van der Waals surface area contributed by atoms with Crippen LogP contribution in [0.5, 0.6) is 0 Å². The van der Waals surface area contributed by atoms with Gasteiger partial charge in [-0.2, -0.15) is 0 Å². The number of carbonyl (C=O) groups is 4. The number of carboxylic acid groups (broad SMARTS) is 4. The third kappa shape index (κ3) is 4.57. The van der Waals surface area contributed by atoms with Crippen LogP contribution in [-0.2, 0) is 4.57 Å². The molecule has 0 aliphatic carbocycles. The highest BCUT2D eigenvalue weighted by molar-refractivity contribution is 7.60. The average Bonchev–Trinajstić information content (AvgIpc) is 2.76. The van der Waals surface area contributed by atoms with E-state index in [0.29, 0.717) is 0 Å². The van der Waals surface area contributed by atoms with Gasteiger partial charge in [-0.15, -0.1) is 0 Å². The first-order valence-electron chi connectivity index (χ1n) is 9.24. The van der Waals surface area contributed by atoms with Crippen molar-refractivity contribution in [3.63, 3.8) is 0 Å². The van der Waals surface area contributed by atoms with E-state index in [9.17, 15) is 54.0 Å². The van der Waals surface area contributed by atoms with Gasteiger partial charge in [0.05, 0.1) is 27.6 Å². The third-order valence-electron chi connectivity index (χ3n) is 4.92. The second-order valence-corrected chi connectivity index (χ2v) is 8.55. The van der Waals surface area contributed by atoms with Crippen molar-refractivity contribution in [3.8, 4) is 22.3 Å². The first-order chi connectivity index (χ1) is 15.8. The Labute approximate surface area is 190 Å². The number of aromatic carboxylic acids is 4. The van der Waals surface area contributed by atoms with E-state index in [2.05, 4.69) is 0 Å². The van der Waals surface area contributed by atoms with Crippen LogP contribution in [-0.4, -0.2) is 54.1 Å². The molecule has 12 heteroatoms. The van der Waals surface area contributed by atoms with Crippen molar-refractivity contribution in [1.29, 1.82) is 0 Å². The van der Waals surface area contributed by atoms with Crippen LogP contribution >= 0.6 is 7.60 Å². The summed E-state index contributed by atoms with van der Waals surface area (Å²) in [5.74, 6) is -6.16. The molecule has 0 unspecified atom stereocenters. The number of rotatable bonds is 7. The highest BCUT2D eigenvalue weighted by Crippen LogP contribution is 2.42. The van der Waals surface area contributed by atoms with Gasteiger partial charge in [0.25, 0.3) is 0 Å². The second kappa shape index (κ2) is 8.91. The van der Waals surface area contributed by atoms with Gasteiger partial charge in [-0.1, -0.05) is 24.3 Å². The molecule has 0 aliphatic rings. The third-order valence-corrected chi connectivity index (χ3v) is 5.92. The average molecular weight is 486 g/mol. The van der Waals surface area contributed by atoms with Crippen molar-refractivity contribution in [2.75, 3.05) is 0 Å². The zero-order valence-electron chi connectivity index (χ0n) is 16.9. The molecule has 0 aliphatic heterocycles. The maximum absolute atomic E-state index is 12.2.